The average molecular weight is 435 g/mol. The molecule has 5 nitrogen and oxygen atoms in total. The molecular weight excluding hydrogens is 416 g/mol. The molecular formula is C25H19ClO5. The number of Topliss-reactive ketones (excluding diaryl/α,β-unsaturated/α-hetero) is 1. The van der Waals surface area contributed by atoms with E-state index < -0.39 is 5.97 Å². The minimum atomic E-state index is -0.413. The maximum absolute atomic E-state index is 12.8. The summed E-state index contributed by atoms with van der Waals surface area (Å²) >= 11 is 6.01. The number of esters is 1. The lowest BCUT2D eigenvalue weighted by Crippen LogP contribution is -2.11. The van der Waals surface area contributed by atoms with Crippen LogP contribution in [-0.4, -0.2) is 18.9 Å². The van der Waals surface area contributed by atoms with Crippen molar-refractivity contribution >= 4 is 29.4 Å². The second kappa shape index (κ2) is 8.66. The van der Waals surface area contributed by atoms with Crippen molar-refractivity contribution in [2.24, 2.45) is 0 Å². The molecule has 1 aliphatic heterocycles. The number of carbonyl (C=O) groups excluding carboxylic acids is 2. The first-order valence-corrected chi connectivity index (χ1v) is 9.99. The molecule has 3 aromatic carbocycles. The van der Waals surface area contributed by atoms with Crippen molar-refractivity contribution in [1.29, 1.82) is 0 Å². The van der Waals surface area contributed by atoms with Crippen LogP contribution in [0.4, 0.5) is 0 Å². The molecule has 0 aliphatic carbocycles. The number of benzene rings is 3. The van der Waals surface area contributed by atoms with Gasteiger partial charge in [-0.2, -0.15) is 0 Å². The van der Waals surface area contributed by atoms with Crippen LogP contribution in [0.2, 0.25) is 5.02 Å². The highest BCUT2D eigenvalue weighted by Gasteiger charge is 2.30. The summed E-state index contributed by atoms with van der Waals surface area (Å²) in [5.41, 5.74) is 2.70. The number of ketones is 1. The zero-order chi connectivity index (χ0) is 22.0. The molecule has 0 unspecified atom stereocenters. The van der Waals surface area contributed by atoms with Crippen LogP contribution in [0.1, 0.15) is 27.0 Å². The largest absolute Gasteiger partial charge is 0.497 e. The van der Waals surface area contributed by atoms with E-state index in [9.17, 15) is 9.59 Å². The highest BCUT2D eigenvalue weighted by molar-refractivity contribution is 6.30. The van der Waals surface area contributed by atoms with Crippen molar-refractivity contribution in [2.45, 2.75) is 13.3 Å². The monoisotopic (exact) mass is 434 g/mol. The van der Waals surface area contributed by atoms with Gasteiger partial charge in [-0.3, -0.25) is 9.59 Å². The summed E-state index contributed by atoms with van der Waals surface area (Å²) in [5, 5.41) is 0.569. The Balaban J connectivity index is 1.51. The van der Waals surface area contributed by atoms with Gasteiger partial charge in [0.15, 0.2) is 5.76 Å². The van der Waals surface area contributed by atoms with Crippen molar-refractivity contribution in [3.63, 3.8) is 0 Å². The number of fused-ring (bicyclic) bond motifs is 1. The van der Waals surface area contributed by atoms with Crippen molar-refractivity contribution in [2.75, 3.05) is 7.11 Å². The molecule has 0 fully saturated rings. The van der Waals surface area contributed by atoms with Crippen LogP contribution in [0.15, 0.2) is 66.4 Å². The minimum absolute atomic E-state index is 0.111. The normalized spacial score (nSPS) is 13.6. The predicted octanol–water partition coefficient (Wildman–Crippen LogP) is 5.42. The Morgan fingerprint density at radius 3 is 2.55 bits per heavy atom. The smallest absolute Gasteiger partial charge is 0.315 e. The fraction of sp³-hybridized carbons (Fsp3) is 0.120. The molecule has 0 saturated heterocycles. The van der Waals surface area contributed by atoms with E-state index in [0.717, 1.165) is 16.9 Å². The predicted molar refractivity (Wildman–Crippen MR) is 118 cm³/mol. The third-order valence-electron chi connectivity index (χ3n) is 4.83. The van der Waals surface area contributed by atoms with Crippen LogP contribution in [0, 0.1) is 6.92 Å². The first-order chi connectivity index (χ1) is 14.9. The number of rotatable bonds is 5. The summed E-state index contributed by atoms with van der Waals surface area (Å²) in [6.45, 7) is 1.78. The standard InChI is InChI=1S/C25H19ClO5/c1-15-10-20(30-23(27)13-16-6-8-19(29-2)9-7-16)14-21-24(15)25(28)22(31-21)12-17-4-3-5-18(26)11-17/h3-12,14H,13H2,1-2H3/b22-12-. The number of ether oxygens (including phenoxy) is 3. The third kappa shape index (κ3) is 4.62. The van der Waals surface area contributed by atoms with Gasteiger partial charge in [0, 0.05) is 11.1 Å². The van der Waals surface area contributed by atoms with E-state index in [1.165, 1.54) is 0 Å². The molecule has 3 aromatic rings. The van der Waals surface area contributed by atoms with Gasteiger partial charge in [0.25, 0.3) is 0 Å². The van der Waals surface area contributed by atoms with Crippen LogP contribution in [0.25, 0.3) is 6.08 Å². The number of hydrogen-bond acceptors (Lipinski definition) is 5. The Hall–Kier alpha value is -3.57. The number of halogens is 1. The Kier molecular flexibility index (Phi) is 5.78. The van der Waals surface area contributed by atoms with Crippen LogP contribution in [0.3, 0.4) is 0 Å². The molecule has 0 aromatic heterocycles. The van der Waals surface area contributed by atoms with E-state index in [1.807, 2.05) is 18.2 Å². The lowest BCUT2D eigenvalue weighted by atomic mass is 10.0. The number of carbonyl (C=O) groups is 2. The molecule has 0 spiro atoms. The minimum Gasteiger partial charge on any atom is -0.497 e. The van der Waals surface area contributed by atoms with Gasteiger partial charge < -0.3 is 14.2 Å². The van der Waals surface area contributed by atoms with Gasteiger partial charge in [0.2, 0.25) is 5.78 Å². The van der Waals surface area contributed by atoms with Crippen molar-refractivity contribution < 1.29 is 23.8 Å². The first kappa shape index (κ1) is 20.7. The summed E-state index contributed by atoms with van der Waals surface area (Å²) in [6, 6.07) is 17.5. The van der Waals surface area contributed by atoms with Crippen LogP contribution >= 0.6 is 11.6 Å². The summed E-state index contributed by atoms with van der Waals surface area (Å²) in [5.74, 6) is 0.973. The lowest BCUT2D eigenvalue weighted by Gasteiger charge is -2.08. The molecule has 1 aliphatic rings. The van der Waals surface area contributed by atoms with Crippen LogP contribution in [0.5, 0.6) is 17.2 Å². The molecule has 0 bridgehead atoms. The molecule has 6 heteroatoms. The number of allylic oxidation sites excluding steroid dienone is 1. The summed E-state index contributed by atoms with van der Waals surface area (Å²) in [7, 11) is 1.59. The Morgan fingerprint density at radius 1 is 1.06 bits per heavy atom. The summed E-state index contributed by atoms with van der Waals surface area (Å²) < 4.78 is 16.4. The maximum Gasteiger partial charge on any atom is 0.315 e. The summed E-state index contributed by atoms with van der Waals surface area (Å²) in [6.07, 6.45) is 1.75. The highest BCUT2D eigenvalue weighted by Crippen LogP contribution is 2.37. The van der Waals surface area contributed by atoms with E-state index in [0.29, 0.717) is 27.6 Å². The van der Waals surface area contributed by atoms with E-state index in [1.54, 1.807) is 62.6 Å². The average Bonchev–Trinajstić information content (AvgIpc) is 3.04. The molecule has 1 heterocycles. The molecule has 0 radical (unpaired) electrons. The number of aryl methyl sites for hydroxylation is 1. The maximum atomic E-state index is 12.8. The van der Waals surface area contributed by atoms with Crippen molar-refractivity contribution in [3.8, 4) is 17.2 Å². The Bertz CT molecular complexity index is 1200. The second-order valence-corrected chi connectivity index (χ2v) is 7.54. The fourth-order valence-electron chi connectivity index (χ4n) is 3.36. The SMILES string of the molecule is COc1ccc(CC(=O)Oc2cc(C)c3c(c2)O/C(=C\c2cccc(Cl)c2)C3=O)cc1. The number of hydrogen-bond donors (Lipinski definition) is 0. The molecule has 31 heavy (non-hydrogen) atoms. The zero-order valence-corrected chi connectivity index (χ0v) is 17.7. The topological polar surface area (TPSA) is 61.8 Å². The Labute approximate surface area is 184 Å². The molecule has 156 valence electrons. The first-order valence-electron chi connectivity index (χ1n) is 9.61. The van der Waals surface area contributed by atoms with E-state index >= 15 is 0 Å². The highest BCUT2D eigenvalue weighted by atomic mass is 35.5. The zero-order valence-electron chi connectivity index (χ0n) is 17.0. The molecule has 0 saturated carbocycles. The molecule has 4 rings (SSSR count). The van der Waals surface area contributed by atoms with Gasteiger partial charge in [0.1, 0.15) is 17.2 Å². The Morgan fingerprint density at radius 2 is 1.84 bits per heavy atom. The van der Waals surface area contributed by atoms with Gasteiger partial charge >= 0.3 is 5.97 Å². The van der Waals surface area contributed by atoms with Gasteiger partial charge in [-0.25, -0.2) is 0 Å². The second-order valence-electron chi connectivity index (χ2n) is 7.11. The number of methoxy groups -OCH3 is 1. The van der Waals surface area contributed by atoms with Crippen LogP contribution in [-0.2, 0) is 11.2 Å². The molecule has 0 amide bonds. The van der Waals surface area contributed by atoms with Crippen LogP contribution < -0.4 is 14.2 Å². The summed E-state index contributed by atoms with van der Waals surface area (Å²) in [4.78, 5) is 25.2. The molecule has 0 atom stereocenters. The van der Waals surface area contributed by atoms with Gasteiger partial charge in [-0.1, -0.05) is 35.9 Å². The molecule has 0 N–H and O–H groups in total. The lowest BCUT2D eigenvalue weighted by molar-refractivity contribution is -0.133. The van der Waals surface area contributed by atoms with E-state index in [-0.39, 0.29) is 18.0 Å². The third-order valence-corrected chi connectivity index (χ3v) is 5.06. The van der Waals surface area contributed by atoms with E-state index in [4.69, 9.17) is 25.8 Å². The fourth-order valence-corrected chi connectivity index (χ4v) is 3.56. The van der Waals surface area contributed by atoms with E-state index in [2.05, 4.69) is 0 Å². The van der Waals surface area contributed by atoms with Crippen molar-refractivity contribution in [3.05, 3.63) is 93.7 Å². The van der Waals surface area contributed by atoms with Gasteiger partial charge in [-0.15, -0.1) is 0 Å². The van der Waals surface area contributed by atoms with Crippen molar-refractivity contribution in [1.82, 2.24) is 0 Å². The van der Waals surface area contributed by atoms with Gasteiger partial charge in [-0.05, 0) is 60.0 Å². The quantitative estimate of drug-likeness (QED) is 0.305. The van der Waals surface area contributed by atoms with Gasteiger partial charge in [0.05, 0.1) is 19.1 Å².